The molecule has 0 aromatic heterocycles. The molecule has 1 unspecified atom stereocenters. The van der Waals surface area contributed by atoms with Crippen molar-refractivity contribution < 1.29 is 14.4 Å². The van der Waals surface area contributed by atoms with Crippen LogP contribution in [-0.4, -0.2) is 42.3 Å². The Hall–Kier alpha value is -2.37. The third-order valence-corrected chi connectivity index (χ3v) is 3.54. The first-order valence-corrected chi connectivity index (χ1v) is 6.82. The van der Waals surface area contributed by atoms with Crippen LogP contribution in [0.4, 0.5) is 11.4 Å². The van der Waals surface area contributed by atoms with Crippen LogP contribution in [0.5, 0.6) is 0 Å². The van der Waals surface area contributed by atoms with E-state index < -0.39 is 0 Å². The molecule has 1 N–H and O–H groups in total. The number of rotatable bonds is 2. The van der Waals surface area contributed by atoms with Crippen LogP contribution in [0.25, 0.3) is 0 Å². The Labute approximate surface area is 123 Å². The maximum Gasteiger partial charge on any atom is 0.246 e. The third-order valence-electron chi connectivity index (χ3n) is 3.54. The minimum absolute atomic E-state index is 0.0117. The fourth-order valence-electron chi connectivity index (χ4n) is 2.36. The second kappa shape index (κ2) is 5.95. The summed E-state index contributed by atoms with van der Waals surface area (Å²) in [5.74, 6) is -0.498. The van der Waals surface area contributed by atoms with Crippen LogP contribution >= 0.6 is 0 Å². The number of benzene rings is 1. The molecule has 1 atom stereocenters. The molecule has 0 spiro atoms. The molecule has 1 aromatic rings. The van der Waals surface area contributed by atoms with Gasteiger partial charge in [-0.1, -0.05) is 12.1 Å². The topological polar surface area (TPSA) is 69.7 Å². The quantitative estimate of drug-likeness (QED) is 0.890. The number of carbonyl (C=O) groups is 3. The summed E-state index contributed by atoms with van der Waals surface area (Å²) < 4.78 is 0. The number of carbonyl (C=O) groups excluding carboxylic acids is 3. The van der Waals surface area contributed by atoms with E-state index in [4.69, 9.17) is 0 Å². The fourth-order valence-corrected chi connectivity index (χ4v) is 2.36. The van der Waals surface area contributed by atoms with Crippen LogP contribution in [0.3, 0.4) is 0 Å². The van der Waals surface area contributed by atoms with E-state index in [-0.39, 0.29) is 36.7 Å². The standard InChI is InChI=1S/C15H19N3O3/c1-10-8-14(20)16-12-6-4-5-7-13(12)18(10)15(21)9-17(3)11(2)19/h4-7,10H,8-9H2,1-3H3,(H,16,20). The highest BCUT2D eigenvalue weighted by Crippen LogP contribution is 2.31. The van der Waals surface area contributed by atoms with Gasteiger partial charge < -0.3 is 15.1 Å². The smallest absolute Gasteiger partial charge is 0.246 e. The molecule has 1 heterocycles. The molecule has 3 amide bonds. The Morgan fingerprint density at radius 3 is 2.71 bits per heavy atom. The van der Waals surface area contributed by atoms with Crippen molar-refractivity contribution in [2.24, 2.45) is 0 Å². The van der Waals surface area contributed by atoms with E-state index >= 15 is 0 Å². The van der Waals surface area contributed by atoms with Gasteiger partial charge in [-0.3, -0.25) is 14.4 Å². The molecule has 0 radical (unpaired) electrons. The predicted molar refractivity (Wildman–Crippen MR) is 79.9 cm³/mol. The highest BCUT2D eigenvalue weighted by atomic mass is 16.2. The molecular formula is C15H19N3O3. The average Bonchev–Trinajstić information content (AvgIpc) is 2.52. The van der Waals surface area contributed by atoms with Crippen molar-refractivity contribution in [3.05, 3.63) is 24.3 Å². The number of fused-ring (bicyclic) bond motifs is 1. The molecule has 0 saturated heterocycles. The molecule has 0 fully saturated rings. The zero-order valence-corrected chi connectivity index (χ0v) is 12.4. The van der Waals surface area contributed by atoms with Gasteiger partial charge in [0.2, 0.25) is 17.7 Å². The van der Waals surface area contributed by atoms with Gasteiger partial charge in [-0.15, -0.1) is 0 Å². The van der Waals surface area contributed by atoms with Gasteiger partial charge in [0, 0.05) is 26.4 Å². The molecular weight excluding hydrogens is 270 g/mol. The number of nitrogens with one attached hydrogen (secondary N) is 1. The number of amides is 3. The van der Waals surface area contributed by atoms with Crippen molar-refractivity contribution in [3.63, 3.8) is 0 Å². The van der Waals surface area contributed by atoms with Gasteiger partial charge in [0.1, 0.15) is 0 Å². The van der Waals surface area contributed by atoms with E-state index in [0.29, 0.717) is 11.4 Å². The molecule has 0 bridgehead atoms. The van der Waals surface area contributed by atoms with Crippen LogP contribution in [-0.2, 0) is 14.4 Å². The summed E-state index contributed by atoms with van der Waals surface area (Å²) in [6, 6.07) is 6.92. The first kappa shape index (κ1) is 15.0. The molecule has 21 heavy (non-hydrogen) atoms. The minimum atomic E-state index is -0.262. The largest absolute Gasteiger partial charge is 0.337 e. The summed E-state index contributed by atoms with van der Waals surface area (Å²) >= 11 is 0. The van der Waals surface area contributed by atoms with E-state index in [2.05, 4.69) is 5.32 Å². The molecule has 0 aliphatic carbocycles. The lowest BCUT2D eigenvalue weighted by Crippen LogP contribution is -2.45. The lowest BCUT2D eigenvalue weighted by Gasteiger charge is -2.29. The summed E-state index contributed by atoms with van der Waals surface area (Å²) in [7, 11) is 1.58. The van der Waals surface area contributed by atoms with Crippen LogP contribution in [0.15, 0.2) is 24.3 Å². The Morgan fingerprint density at radius 2 is 2.05 bits per heavy atom. The second-order valence-electron chi connectivity index (χ2n) is 5.26. The summed E-state index contributed by atoms with van der Waals surface area (Å²) in [6.07, 6.45) is 0.226. The molecule has 1 aromatic carbocycles. The van der Waals surface area contributed by atoms with Gasteiger partial charge in [-0.05, 0) is 19.1 Å². The minimum Gasteiger partial charge on any atom is -0.337 e. The number of likely N-dealkylation sites (N-methyl/N-ethyl adjacent to an activating group) is 1. The van der Waals surface area contributed by atoms with Crippen molar-refractivity contribution in [3.8, 4) is 0 Å². The molecule has 1 aliphatic rings. The van der Waals surface area contributed by atoms with E-state index in [1.165, 1.54) is 11.8 Å². The number of hydrogen-bond acceptors (Lipinski definition) is 3. The van der Waals surface area contributed by atoms with Gasteiger partial charge in [-0.25, -0.2) is 0 Å². The monoisotopic (exact) mass is 289 g/mol. The highest BCUT2D eigenvalue weighted by molar-refractivity contribution is 6.05. The Bertz CT molecular complexity index is 585. The van der Waals surface area contributed by atoms with Gasteiger partial charge in [0.05, 0.1) is 17.9 Å². The van der Waals surface area contributed by atoms with E-state index in [1.54, 1.807) is 30.1 Å². The summed E-state index contributed by atoms with van der Waals surface area (Å²) in [5, 5.41) is 2.80. The Kier molecular flexibility index (Phi) is 4.26. The van der Waals surface area contributed by atoms with Crippen LogP contribution in [0.1, 0.15) is 20.3 Å². The van der Waals surface area contributed by atoms with Crippen molar-refractivity contribution in [2.45, 2.75) is 26.3 Å². The fraction of sp³-hybridized carbons (Fsp3) is 0.400. The Balaban J connectivity index is 2.34. The second-order valence-corrected chi connectivity index (χ2v) is 5.26. The van der Waals surface area contributed by atoms with E-state index in [0.717, 1.165) is 0 Å². The average molecular weight is 289 g/mol. The summed E-state index contributed by atoms with van der Waals surface area (Å²) in [4.78, 5) is 38.6. The normalized spacial score (nSPS) is 17.6. The predicted octanol–water partition coefficient (Wildman–Crippen LogP) is 1.23. The van der Waals surface area contributed by atoms with Gasteiger partial charge in [0.25, 0.3) is 0 Å². The SMILES string of the molecule is CC(=O)N(C)CC(=O)N1c2ccccc2NC(=O)CC1C. The number of anilines is 2. The van der Waals surface area contributed by atoms with Gasteiger partial charge in [0.15, 0.2) is 0 Å². The number of nitrogens with zero attached hydrogens (tertiary/aromatic N) is 2. The maximum atomic E-state index is 12.5. The summed E-state index contributed by atoms with van der Waals surface area (Å²) in [5.41, 5.74) is 1.28. The van der Waals surface area contributed by atoms with Crippen molar-refractivity contribution >= 4 is 29.1 Å². The van der Waals surface area contributed by atoms with Crippen molar-refractivity contribution in [1.82, 2.24) is 4.90 Å². The molecule has 6 heteroatoms. The Morgan fingerprint density at radius 1 is 1.38 bits per heavy atom. The van der Waals surface area contributed by atoms with Crippen LogP contribution in [0, 0.1) is 0 Å². The van der Waals surface area contributed by atoms with E-state index in [9.17, 15) is 14.4 Å². The van der Waals surface area contributed by atoms with Gasteiger partial charge in [-0.2, -0.15) is 0 Å². The molecule has 1 aliphatic heterocycles. The lowest BCUT2D eigenvalue weighted by atomic mass is 10.1. The highest BCUT2D eigenvalue weighted by Gasteiger charge is 2.30. The number of para-hydroxylation sites is 2. The lowest BCUT2D eigenvalue weighted by molar-refractivity contribution is -0.132. The first-order chi connectivity index (χ1) is 9.90. The molecule has 112 valence electrons. The van der Waals surface area contributed by atoms with Crippen molar-refractivity contribution in [2.75, 3.05) is 23.8 Å². The van der Waals surface area contributed by atoms with Gasteiger partial charge >= 0.3 is 0 Å². The molecule has 0 saturated carbocycles. The van der Waals surface area contributed by atoms with Crippen LogP contribution < -0.4 is 10.2 Å². The van der Waals surface area contributed by atoms with E-state index in [1.807, 2.05) is 13.0 Å². The zero-order chi connectivity index (χ0) is 15.6. The summed E-state index contributed by atoms with van der Waals surface area (Å²) in [6.45, 7) is 3.23. The maximum absolute atomic E-state index is 12.5. The van der Waals surface area contributed by atoms with Crippen molar-refractivity contribution in [1.29, 1.82) is 0 Å². The molecule has 6 nitrogen and oxygen atoms in total. The number of hydrogen-bond donors (Lipinski definition) is 1. The first-order valence-electron chi connectivity index (χ1n) is 6.82. The third kappa shape index (κ3) is 3.21. The zero-order valence-electron chi connectivity index (χ0n) is 12.4. The molecule has 2 rings (SSSR count). The van der Waals surface area contributed by atoms with Crippen LogP contribution in [0.2, 0.25) is 0 Å².